The summed E-state index contributed by atoms with van der Waals surface area (Å²) >= 11 is 1.51. The fraction of sp³-hybridized carbons (Fsp3) is 0.208. The quantitative estimate of drug-likeness (QED) is 0.429. The summed E-state index contributed by atoms with van der Waals surface area (Å²) in [7, 11) is -3.77. The number of hydrogen-bond acceptors (Lipinski definition) is 8. The van der Waals surface area contributed by atoms with E-state index >= 15 is 0 Å². The van der Waals surface area contributed by atoms with Crippen molar-refractivity contribution in [3.8, 4) is 12.3 Å². The summed E-state index contributed by atoms with van der Waals surface area (Å²) in [5.41, 5.74) is 2.90. The largest absolute Gasteiger partial charge is 0.340 e. The van der Waals surface area contributed by atoms with Crippen LogP contribution < -0.4 is 20.7 Å². The lowest BCUT2D eigenvalue weighted by Crippen LogP contribution is -2.46. The maximum absolute atomic E-state index is 12.9. The highest BCUT2D eigenvalue weighted by atomic mass is 32.2. The van der Waals surface area contributed by atoms with E-state index in [1.54, 1.807) is 23.2 Å². The number of rotatable bonds is 6. The number of primary sulfonamides is 1. The molecule has 3 aromatic rings. The van der Waals surface area contributed by atoms with Gasteiger partial charge in [0.15, 0.2) is 0 Å². The smallest absolute Gasteiger partial charge is 0.243 e. The van der Waals surface area contributed by atoms with E-state index in [9.17, 15) is 13.2 Å². The van der Waals surface area contributed by atoms with Crippen molar-refractivity contribution in [2.24, 2.45) is 5.14 Å². The van der Waals surface area contributed by atoms with Gasteiger partial charge in [-0.25, -0.2) is 18.5 Å². The van der Waals surface area contributed by atoms with E-state index in [1.165, 1.54) is 23.9 Å². The Labute approximate surface area is 208 Å². The second-order valence-electron chi connectivity index (χ2n) is 8.43. The molecule has 0 saturated carbocycles. The number of nitrogens with zero attached hydrogens (tertiary/aromatic N) is 3. The van der Waals surface area contributed by atoms with Crippen LogP contribution in [0.5, 0.6) is 0 Å². The maximum Gasteiger partial charge on any atom is 0.243 e. The van der Waals surface area contributed by atoms with Crippen molar-refractivity contribution in [1.29, 1.82) is 0 Å². The number of anilines is 5. The summed E-state index contributed by atoms with van der Waals surface area (Å²) in [6.07, 6.45) is 7.20. The van der Waals surface area contributed by atoms with Crippen molar-refractivity contribution in [2.75, 3.05) is 22.1 Å². The van der Waals surface area contributed by atoms with Crippen LogP contribution in [0, 0.1) is 19.3 Å². The lowest BCUT2D eigenvalue weighted by atomic mass is 10.1. The minimum Gasteiger partial charge on any atom is -0.340 e. The van der Waals surface area contributed by atoms with Crippen LogP contribution in [0.2, 0.25) is 0 Å². The molecular formula is C24H24N6O3S2. The van der Waals surface area contributed by atoms with Crippen LogP contribution in [-0.2, 0) is 14.8 Å². The zero-order valence-corrected chi connectivity index (χ0v) is 21.0. The molecule has 0 fully saturated rings. The molecule has 0 spiro atoms. The van der Waals surface area contributed by atoms with Crippen LogP contribution in [0.1, 0.15) is 19.4 Å². The lowest BCUT2D eigenvalue weighted by Gasteiger charge is -2.37. The maximum atomic E-state index is 12.9. The third-order valence-electron chi connectivity index (χ3n) is 5.30. The van der Waals surface area contributed by atoms with Gasteiger partial charge in [-0.1, -0.05) is 5.92 Å². The summed E-state index contributed by atoms with van der Waals surface area (Å²) in [4.78, 5) is 24.4. The Balaban J connectivity index is 1.59. The molecule has 0 unspecified atom stereocenters. The van der Waals surface area contributed by atoms with Gasteiger partial charge in [0, 0.05) is 28.0 Å². The Morgan fingerprint density at radius 2 is 1.83 bits per heavy atom. The molecule has 1 aliphatic heterocycles. The fourth-order valence-corrected chi connectivity index (χ4v) is 5.19. The lowest BCUT2D eigenvalue weighted by molar-refractivity contribution is -0.120. The number of aryl methyl sites for hydroxylation is 1. The third-order valence-corrected chi connectivity index (χ3v) is 7.48. The molecule has 1 amide bonds. The first-order valence-electron chi connectivity index (χ1n) is 10.6. The van der Waals surface area contributed by atoms with E-state index in [2.05, 4.69) is 26.5 Å². The molecule has 4 N–H and O–H groups in total. The Morgan fingerprint density at radius 3 is 2.49 bits per heavy atom. The fourth-order valence-electron chi connectivity index (χ4n) is 3.52. The predicted octanol–water partition coefficient (Wildman–Crippen LogP) is 3.77. The number of thioether (sulfide) groups is 1. The Morgan fingerprint density at radius 1 is 1.14 bits per heavy atom. The number of nitrogens with two attached hydrogens (primary N) is 1. The van der Waals surface area contributed by atoms with E-state index in [-0.39, 0.29) is 17.3 Å². The Hall–Kier alpha value is -3.59. The third kappa shape index (κ3) is 5.24. The zero-order chi connectivity index (χ0) is 25.4. The first-order valence-corrected chi connectivity index (χ1v) is 12.9. The summed E-state index contributed by atoms with van der Waals surface area (Å²) < 4.78 is 22.3. The van der Waals surface area contributed by atoms with E-state index in [1.807, 2.05) is 39.0 Å². The van der Waals surface area contributed by atoms with E-state index in [0.29, 0.717) is 17.5 Å². The van der Waals surface area contributed by atoms with Gasteiger partial charge in [0.05, 0.1) is 21.9 Å². The number of hydrogen-bond donors (Lipinski definition) is 3. The van der Waals surface area contributed by atoms with E-state index in [4.69, 9.17) is 11.6 Å². The van der Waals surface area contributed by atoms with E-state index < -0.39 is 14.8 Å². The Kier molecular flexibility index (Phi) is 6.46. The van der Waals surface area contributed by atoms with Gasteiger partial charge in [0.2, 0.25) is 21.9 Å². The first-order chi connectivity index (χ1) is 16.5. The summed E-state index contributed by atoms with van der Waals surface area (Å²) in [6.45, 7) is 5.84. The van der Waals surface area contributed by atoms with Crippen LogP contribution in [-0.4, -0.2) is 35.6 Å². The number of amides is 1. The van der Waals surface area contributed by atoms with Crippen molar-refractivity contribution in [3.63, 3.8) is 0 Å². The molecule has 0 radical (unpaired) electrons. The second-order valence-corrected chi connectivity index (χ2v) is 11.7. The number of carbonyl (C=O) groups is 1. The number of aromatic nitrogens is 2. The van der Waals surface area contributed by atoms with Gasteiger partial charge in [-0.15, -0.1) is 18.2 Å². The van der Waals surface area contributed by atoms with Gasteiger partial charge in [-0.3, -0.25) is 9.69 Å². The van der Waals surface area contributed by atoms with Crippen molar-refractivity contribution in [3.05, 3.63) is 54.2 Å². The molecule has 9 nitrogen and oxygen atoms in total. The summed E-state index contributed by atoms with van der Waals surface area (Å²) in [6, 6.07) is 11.7. The first kappa shape index (κ1) is 24.5. The number of fused-ring (bicyclic) bond motifs is 1. The SMILES string of the molecule is C#CCN1C(=O)C(C)(C)Sc2ccc(Nc3nc(Nc4ccc(S(N)(=O)=O)cc4)ncc3C)cc21. The van der Waals surface area contributed by atoms with Gasteiger partial charge in [0.1, 0.15) is 5.82 Å². The normalized spacial score (nSPS) is 14.7. The van der Waals surface area contributed by atoms with Crippen LogP contribution in [0.15, 0.2) is 58.5 Å². The predicted molar refractivity (Wildman–Crippen MR) is 139 cm³/mol. The van der Waals surface area contributed by atoms with Crippen molar-refractivity contribution >= 4 is 56.5 Å². The number of nitrogens with one attached hydrogen (secondary N) is 2. The van der Waals surface area contributed by atoms with Crippen LogP contribution in [0.25, 0.3) is 0 Å². The second kappa shape index (κ2) is 9.22. The standard InChI is InChI=1S/C24H24N6O3S2/c1-5-12-30-19-13-17(8-11-20(19)34-24(3,4)22(30)31)27-21-15(2)14-26-23(29-21)28-16-6-9-18(10-7-16)35(25,32)33/h1,6-11,13-14H,12H2,2-4H3,(H2,25,32,33)(H2,26,27,28,29). The van der Waals surface area contributed by atoms with Gasteiger partial charge in [-0.2, -0.15) is 4.98 Å². The molecule has 0 bridgehead atoms. The highest BCUT2D eigenvalue weighted by Crippen LogP contribution is 2.46. The van der Waals surface area contributed by atoms with Gasteiger partial charge < -0.3 is 10.6 Å². The van der Waals surface area contributed by atoms with Gasteiger partial charge in [-0.05, 0) is 63.2 Å². The topological polar surface area (TPSA) is 130 Å². The molecule has 180 valence electrons. The van der Waals surface area contributed by atoms with Gasteiger partial charge >= 0.3 is 0 Å². The average molecular weight is 509 g/mol. The van der Waals surface area contributed by atoms with Crippen LogP contribution in [0.4, 0.5) is 28.8 Å². The number of carbonyl (C=O) groups excluding carboxylic acids is 1. The van der Waals surface area contributed by atoms with Crippen molar-refractivity contribution in [1.82, 2.24) is 9.97 Å². The minimum absolute atomic E-state index is 0.0153. The molecule has 35 heavy (non-hydrogen) atoms. The number of sulfonamides is 1. The summed E-state index contributed by atoms with van der Waals surface area (Å²) in [5.74, 6) is 3.43. The molecule has 2 heterocycles. The minimum atomic E-state index is -3.77. The highest BCUT2D eigenvalue weighted by molar-refractivity contribution is 8.01. The number of terminal acetylenes is 1. The van der Waals surface area contributed by atoms with Crippen LogP contribution in [0.3, 0.4) is 0 Å². The molecular weight excluding hydrogens is 484 g/mol. The summed E-state index contributed by atoms with van der Waals surface area (Å²) in [5, 5.41) is 11.5. The van der Waals surface area contributed by atoms with E-state index in [0.717, 1.165) is 21.8 Å². The molecule has 4 rings (SSSR count). The molecule has 0 aliphatic carbocycles. The van der Waals surface area contributed by atoms with Crippen molar-refractivity contribution < 1.29 is 13.2 Å². The molecule has 1 aliphatic rings. The molecule has 1 aromatic heterocycles. The molecule has 2 aromatic carbocycles. The molecule has 0 atom stereocenters. The van der Waals surface area contributed by atoms with Crippen molar-refractivity contribution in [2.45, 2.75) is 35.3 Å². The zero-order valence-electron chi connectivity index (χ0n) is 19.4. The molecule has 11 heteroatoms. The molecule has 0 saturated heterocycles. The van der Waals surface area contributed by atoms with Crippen LogP contribution >= 0.6 is 11.8 Å². The highest BCUT2D eigenvalue weighted by Gasteiger charge is 2.39. The number of benzene rings is 2. The monoisotopic (exact) mass is 508 g/mol. The van der Waals surface area contributed by atoms with Gasteiger partial charge in [0.25, 0.3) is 0 Å². The Bertz CT molecular complexity index is 1450. The average Bonchev–Trinajstić information content (AvgIpc) is 2.79.